The van der Waals surface area contributed by atoms with Crippen molar-refractivity contribution < 1.29 is 18.4 Å². The SMILES string of the molecule is NC(=O)[C@@H](c1ccccc1)N(Cc1cc(F)ccc1F)C(=O)c1ccccc1. The summed E-state index contributed by atoms with van der Waals surface area (Å²) in [5.41, 5.74) is 6.35. The molecule has 0 bridgehead atoms. The van der Waals surface area contributed by atoms with Gasteiger partial charge in [-0.05, 0) is 35.9 Å². The number of halogens is 2. The first-order chi connectivity index (χ1) is 13.5. The Labute approximate surface area is 161 Å². The second kappa shape index (κ2) is 8.43. The van der Waals surface area contributed by atoms with Gasteiger partial charge in [-0.3, -0.25) is 9.59 Å². The number of benzene rings is 3. The first-order valence-corrected chi connectivity index (χ1v) is 8.61. The molecule has 3 aromatic rings. The highest BCUT2D eigenvalue weighted by atomic mass is 19.1. The van der Waals surface area contributed by atoms with E-state index in [-0.39, 0.29) is 12.1 Å². The van der Waals surface area contributed by atoms with Crippen molar-refractivity contribution in [3.63, 3.8) is 0 Å². The number of primary amides is 1. The quantitative estimate of drug-likeness (QED) is 0.706. The molecule has 1 atom stereocenters. The molecule has 28 heavy (non-hydrogen) atoms. The van der Waals surface area contributed by atoms with Gasteiger partial charge in [0.1, 0.15) is 17.7 Å². The summed E-state index contributed by atoms with van der Waals surface area (Å²) in [5, 5.41) is 0. The zero-order chi connectivity index (χ0) is 20.1. The molecule has 0 aliphatic carbocycles. The largest absolute Gasteiger partial charge is 0.368 e. The Hall–Kier alpha value is -3.54. The Morgan fingerprint density at radius 3 is 2.11 bits per heavy atom. The number of carbonyl (C=O) groups is 2. The third-order valence-corrected chi connectivity index (χ3v) is 4.33. The molecule has 2 N–H and O–H groups in total. The number of carbonyl (C=O) groups excluding carboxylic acids is 2. The van der Waals surface area contributed by atoms with Crippen molar-refractivity contribution in [3.8, 4) is 0 Å². The van der Waals surface area contributed by atoms with Crippen molar-refractivity contribution in [1.29, 1.82) is 0 Å². The molecule has 0 heterocycles. The van der Waals surface area contributed by atoms with Crippen LogP contribution in [-0.2, 0) is 11.3 Å². The zero-order valence-electron chi connectivity index (χ0n) is 14.9. The topological polar surface area (TPSA) is 63.4 Å². The van der Waals surface area contributed by atoms with Gasteiger partial charge < -0.3 is 10.6 Å². The minimum atomic E-state index is -1.14. The van der Waals surface area contributed by atoms with Crippen LogP contribution >= 0.6 is 0 Å². The van der Waals surface area contributed by atoms with Gasteiger partial charge in [0.05, 0.1) is 6.54 Å². The van der Waals surface area contributed by atoms with E-state index in [2.05, 4.69) is 0 Å². The lowest BCUT2D eigenvalue weighted by molar-refractivity contribution is -0.122. The van der Waals surface area contributed by atoms with E-state index in [9.17, 15) is 18.4 Å². The summed E-state index contributed by atoms with van der Waals surface area (Å²) < 4.78 is 27.9. The monoisotopic (exact) mass is 380 g/mol. The number of rotatable bonds is 6. The molecule has 6 heteroatoms. The highest BCUT2D eigenvalue weighted by Gasteiger charge is 2.31. The predicted octanol–water partition coefficient (Wildman–Crippen LogP) is 3.83. The summed E-state index contributed by atoms with van der Waals surface area (Å²) in [6.07, 6.45) is 0. The van der Waals surface area contributed by atoms with Crippen molar-refractivity contribution >= 4 is 11.8 Å². The van der Waals surface area contributed by atoms with Crippen molar-refractivity contribution in [2.45, 2.75) is 12.6 Å². The molecular formula is C22H18F2N2O2. The molecule has 0 aliphatic rings. The number of nitrogens with two attached hydrogens (primary N) is 1. The van der Waals surface area contributed by atoms with E-state index in [0.717, 1.165) is 23.1 Å². The van der Waals surface area contributed by atoms with Crippen molar-refractivity contribution in [2.24, 2.45) is 5.73 Å². The van der Waals surface area contributed by atoms with Crippen LogP contribution in [0.5, 0.6) is 0 Å². The maximum Gasteiger partial charge on any atom is 0.255 e. The molecule has 0 radical (unpaired) electrons. The van der Waals surface area contributed by atoms with E-state index in [1.54, 1.807) is 60.7 Å². The molecule has 0 unspecified atom stereocenters. The lowest BCUT2D eigenvalue weighted by Gasteiger charge is -2.30. The van der Waals surface area contributed by atoms with Gasteiger partial charge in [-0.25, -0.2) is 8.78 Å². The Bertz CT molecular complexity index is 978. The number of nitrogens with zero attached hydrogens (tertiary/aromatic N) is 1. The fourth-order valence-electron chi connectivity index (χ4n) is 3.01. The normalized spacial score (nSPS) is 11.6. The summed E-state index contributed by atoms with van der Waals surface area (Å²) in [5.74, 6) is -2.61. The zero-order valence-corrected chi connectivity index (χ0v) is 14.9. The van der Waals surface area contributed by atoms with Crippen molar-refractivity contribution in [1.82, 2.24) is 4.90 Å². The minimum Gasteiger partial charge on any atom is -0.368 e. The maximum absolute atomic E-state index is 14.2. The molecule has 2 amide bonds. The first kappa shape index (κ1) is 19.2. The van der Waals surface area contributed by atoms with Gasteiger partial charge in [-0.2, -0.15) is 0 Å². The van der Waals surface area contributed by atoms with Gasteiger partial charge in [0.15, 0.2) is 0 Å². The Morgan fingerprint density at radius 2 is 1.50 bits per heavy atom. The van der Waals surface area contributed by atoms with Gasteiger partial charge in [-0.1, -0.05) is 48.5 Å². The molecule has 0 aromatic heterocycles. The molecule has 0 saturated carbocycles. The molecule has 0 spiro atoms. The van der Waals surface area contributed by atoms with Crippen LogP contribution < -0.4 is 5.73 Å². The van der Waals surface area contributed by atoms with Crippen LogP contribution in [0.15, 0.2) is 78.9 Å². The smallest absolute Gasteiger partial charge is 0.255 e. The Morgan fingerprint density at radius 1 is 0.893 bits per heavy atom. The van der Waals surface area contributed by atoms with Crippen molar-refractivity contribution in [3.05, 3.63) is 107 Å². The van der Waals surface area contributed by atoms with E-state index in [1.807, 2.05) is 0 Å². The van der Waals surface area contributed by atoms with Crippen LogP contribution in [-0.4, -0.2) is 16.7 Å². The Balaban J connectivity index is 2.08. The fourth-order valence-corrected chi connectivity index (χ4v) is 3.01. The number of hydrogen-bond donors (Lipinski definition) is 1. The molecule has 0 aliphatic heterocycles. The van der Waals surface area contributed by atoms with Crippen LogP contribution in [0.1, 0.15) is 27.5 Å². The van der Waals surface area contributed by atoms with E-state index in [1.165, 1.54) is 0 Å². The van der Waals surface area contributed by atoms with Crippen molar-refractivity contribution in [2.75, 3.05) is 0 Å². The number of amides is 2. The Kier molecular flexibility index (Phi) is 5.79. The maximum atomic E-state index is 14.2. The van der Waals surface area contributed by atoms with Gasteiger partial charge in [0, 0.05) is 11.1 Å². The molecule has 0 saturated heterocycles. The summed E-state index contributed by atoms with van der Waals surface area (Å²) >= 11 is 0. The average molecular weight is 380 g/mol. The van der Waals surface area contributed by atoms with Crippen LogP contribution in [0.3, 0.4) is 0 Å². The van der Waals surface area contributed by atoms with Gasteiger partial charge in [-0.15, -0.1) is 0 Å². The second-order valence-corrected chi connectivity index (χ2v) is 6.25. The molecule has 0 fully saturated rings. The third kappa shape index (κ3) is 4.23. The summed E-state index contributed by atoms with van der Waals surface area (Å²) in [6.45, 7) is -0.320. The second-order valence-electron chi connectivity index (χ2n) is 6.25. The van der Waals surface area contributed by atoms with E-state index in [4.69, 9.17) is 5.73 Å². The molecule has 142 valence electrons. The van der Waals surface area contributed by atoms with E-state index < -0.39 is 29.5 Å². The fraction of sp³-hybridized carbons (Fsp3) is 0.0909. The summed E-state index contributed by atoms with van der Waals surface area (Å²) in [6, 6.07) is 18.6. The van der Waals surface area contributed by atoms with Gasteiger partial charge in [0.2, 0.25) is 5.91 Å². The highest BCUT2D eigenvalue weighted by molar-refractivity contribution is 5.97. The predicted molar refractivity (Wildman–Crippen MR) is 101 cm³/mol. The van der Waals surface area contributed by atoms with Crippen LogP contribution in [0, 0.1) is 11.6 Å². The minimum absolute atomic E-state index is 0.0496. The number of hydrogen-bond acceptors (Lipinski definition) is 2. The summed E-state index contributed by atoms with van der Waals surface area (Å²) in [7, 11) is 0. The summed E-state index contributed by atoms with van der Waals surface area (Å²) in [4.78, 5) is 26.6. The molecule has 3 aromatic carbocycles. The van der Waals surface area contributed by atoms with Crippen LogP contribution in [0.25, 0.3) is 0 Å². The standard InChI is InChI=1S/C22H18F2N2O2/c23-18-11-12-19(24)17(13-18)14-26(22(28)16-9-5-2-6-10-16)20(21(25)27)15-7-3-1-4-8-15/h1-13,20H,14H2,(H2,25,27)/t20-/m1/s1. The molecular weight excluding hydrogens is 362 g/mol. The van der Waals surface area contributed by atoms with E-state index >= 15 is 0 Å². The van der Waals surface area contributed by atoms with Crippen LogP contribution in [0.2, 0.25) is 0 Å². The van der Waals surface area contributed by atoms with Gasteiger partial charge >= 0.3 is 0 Å². The van der Waals surface area contributed by atoms with E-state index in [0.29, 0.717) is 11.1 Å². The lowest BCUT2D eigenvalue weighted by Crippen LogP contribution is -2.41. The third-order valence-electron chi connectivity index (χ3n) is 4.33. The highest BCUT2D eigenvalue weighted by Crippen LogP contribution is 2.26. The van der Waals surface area contributed by atoms with Crippen LogP contribution in [0.4, 0.5) is 8.78 Å². The molecule has 4 nitrogen and oxygen atoms in total. The molecule has 3 rings (SSSR count). The average Bonchev–Trinajstić information content (AvgIpc) is 2.71. The van der Waals surface area contributed by atoms with Gasteiger partial charge in [0.25, 0.3) is 5.91 Å². The first-order valence-electron chi connectivity index (χ1n) is 8.61. The lowest BCUT2D eigenvalue weighted by atomic mass is 10.0.